The minimum Gasteiger partial charge on any atom is -0.504 e. The average Bonchev–Trinajstić information content (AvgIpc) is 2.61. The number of nitrogens with zero attached hydrogens (tertiary/aromatic N) is 1. The molecule has 2 aromatic carbocycles. The molecule has 132 valence electrons. The molecular formula is C19H20ClNO4. The first-order valence-electron chi connectivity index (χ1n) is 7.51. The molecule has 0 atom stereocenters. The quantitative estimate of drug-likeness (QED) is 0.744. The summed E-state index contributed by atoms with van der Waals surface area (Å²) < 4.78 is 15.8. The number of methoxy groups -OCH3 is 3. The molecule has 0 spiro atoms. The fourth-order valence-corrected chi connectivity index (χ4v) is 2.74. The first-order chi connectivity index (χ1) is 11.7. The summed E-state index contributed by atoms with van der Waals surface area (Å²) in [4.78, 5) is 4.50. The van der Waals surface area contributed by atoms with Crippen LogP contribution >= 0.6 is 12.4 Å². The van der Waals surface area contributed by atoms with Gasteiger partial charge in [-0.1, -0.05) is 6.07 Å². The number of benzene rings is 2. The van der Waals surface area contributed by atoms with Crippen molar-refractivity contribution < 1.29 is 19.3 Å². The van der Waals surface area contributed by atoms with Crippen LogP contribution in [0.25, 0.3) is 10.8 Å². The predicted octanol–water partition coefficient (Wildman–Crippen LogP) is 3.98. The Labute approximate surface area is 152 Å². The summed E-state index contributed by atoms with van der Waals surface area (Å²) in [5.41, 5.74) is 1.85. The molecule has 0 aliphatic carbocycles. The highest BCUT2D eigenvalue weighted by Crippen LogP contribution is 2.34. The van der Waals surface area contributed by atoms with E-state index in [0.717, 1.165) is 22.0 Å². The van der Waals surface area contributed by atoms with Crippen molar-refractivity contribution in [3.63, 3.8) is 0 Å². The molecule has 1 N–H and O–H groups in total. The third-order valence-electron chi connectivity index (χ3n) is 3.97. The van der Waals surface area contributed by atoms with Crippen LogP contribution in [-0.4, -0.2) is 31.4 Å². The van der Waals surface area contributed by atoms with Crippen LogP contribution in [0.2, 0.25) is 0 Å². The van der Waals surface area contributed by atoms with Gasteiger partial charge in [-0.15, -0.1) is 12.4 Å². The standard InChI is InChI=1S/C19H19NO4.ClH/c1-22-17-5-4-12(9-16(17)21)8-15-14-11-19(24-3)18(23-2)10-13(14)6-7-20-15;/h4-7,9-11,21H,8H2,1-3H3;1H. The third-order valence-corrected chi connectivity index (χ3v) is 3.97. The zero-order valence-corrected chi connectivity index (χ0v) is 15.1. The van der Waals surface area contributed by atoms with E-state index in [-0.39, 0.29) is 18.2 Å². The number of pyridine rings is 1. The monoisotopic (exact) mass is 361 g/mol. The Balaban J connectivity index is 0.00000225. The van der Waals surface area contributed by atoms with Gasteiger partial charge in [-0.2, -0.15) is 0 Å². The lowest BCUT2D eigenvalue weighted by molar-refractivity contribution is 0.356. The minimum atomic E-state index is 0. The van der Waals surface area contributed by atoms with Gasteiger partial charge in [-0.25, -0.2) is 0 Å². The Morgan fingerprint density at radius 2 is 1.56 bits per heavy atom. The number of phenols is 1. The number of halogens is 1. The van der Waals surface area contributed by atoms with Gasteiger partial charge in [0.15, 0.2) is 23.0 Å². The Hall–Kier alpha value is -2.66. The lowest BCUT2D eigenvalue weighted by atomic mass is 10.0. The summed E-state index contributed by atoms with van der Waals surface area (Å²) in [5.74, 6) is 1.92. The van der Waals surface area contributed by atoms with Crippen molar-refractivity contribution in [2.24, 2.45) is 0 Å². The first kappa shape index (κ1) is 18.7. The number of aromatic nitrogens is 1. The molecule has 0 fully saturated rings. The molecule has 3 aromatic rings. The molecule has 0 aliphatic rings. The van der Waals surface area contributed by atoms with Crippen LogP contribution in [0.5, 0.6) is 23.0 Å². The van der Waals surface area contributed by atoms with E-state index in [1.807, 2.05) is 24.3 Å². The van der Waals surface area contributed by atoms with E-state index < -0.39 is 0 Å². The molecule has 0 amide bonds. The fourth-order valence-electron chi connectivity index (χ4n) is 2.74. The van der Waals surface area contributed by atoms with Gasteiger partial charge in [0, 0.05) is 18.0 Å². The van der Waals surface area contributed by atoms with Gasteiger partial charge in [0.2, 0.25) is 0 Å². The van der Waals surface area contributed by atoms with Crippen molar-refractivity contribution >= 4 is 23.2 Å². The highest BCUT2D eigenvalue weighted by atomic mass is 35.5. The van der Waals surface area contributed by atoms with Crippen LogP contribution in [0.4, 0.5) is 0 Å². The molecule has 0 saturated heterocycles. The summed E-state index contributed by atoms with van der Waals surface area (Å²) in [6.07, 6.45) is 2.36. The van der Waals surface area contributed by atoms with Gasteiger partial charge in [0.05, 0.1) is 27.0 Å². The number of phenolic OH excluding ortho intramolecular Hbond substituents is 1. The normalized spacial score (nSPS) is 10.2. The van der Waals surface area contributed by atoms with Crippen LogP contribution in [-0.2, 0) is 6.42 Å². The molecule has 6 heteroatoms. The molecule has 3 rings (SSSR count). The maximum atomic E-state index is 9.95. The van der Waals surface area contributed by atoms with Gasteiger partial charge < -0.3 is 19.3 Å². The summed E-state index contributed by atoms with van der Waals surface area (Å²) in [7, 11) is 4.76. The summed E-state index contributed by atoms with van der Waals surface area (Å²) in [5, 5.41) is 12.0. The van der Waals surface area contributed by atoms with Gasteiger partial charge >= 0.3 is 0 Å². The van der Waals surface area contributed by atoms with Crippen molar-refractivity contribution in [3.8, 4) is 23.0 Å². The fraction of sp³-hybridized carbons (Fsp3) is 0.211. The zero-order valence-electron chi connectivity index (χ0n) is 14.3. The molecule has 0 bridgehead atoms. The van der Waals surface area contributed by atoms with Gasteiger partial charge in [0.1, 0.15) is 0 Å². The van der Waals surface area contributed by atoms with Crippen molar-refractivity contribution in [3.05, 3.63) is 53.9 Å². The van der Waals surface area contributed by atoms with E-state index in [0.29, 0.717) is 23.7 Å². The second kappa shape index (κ2) is 7.94. The highest BCUT2D eigenvalue weighted by molar-refractivity contribution is 5.88. The number of rotatable bonds is 5. The average molecular weight is 362 g/mol. The van der Waals surface area contributed by atoms with E-state index in [9.17, 15) is 5.11 Å². The van der Waals surface area contributed by atoms with Gasteiger partial charge in [-0.05, 0) is 41.3 Å². The highest BCUT2D eigenvalue weighted by Gasteiger charge is 2.11. The predicted molar refractivity (Wildman–Crippen MR) is 99.6 cm³/mol. The van der Waals surface area contributed by atoms with Crippen LogP contribution in [0.15, 0.2) is 42.6 Å². The largest absolute Gasteiger partial charge is 0.504 e. The number of hydrogen-bond donors (Lipinski definition) is 1. The van der Waals surface area contributed by atoms with Crippen molar-refractivity contribution in [2.45, 2.75) is 6.42 Å². The van der Waals surface area contributed by atoms with Crippen LogP contribution in [0, 0.1) is 0 Å². The number of fused-ring (bicyclic) bond motifs is 1. The van der Waals surface area contributed by atoms with E-state index in [2.05, 4.69) is 4.98 Å². The maximum Gasteiger partial charge on any atom is 0.161 e. The van der Waals surface area contributed by atoms with Crippen LogP contribution < -0.4 is 14.2 Å². The van der Waals surface area contributed by atoms with Crippen LogP contribution in [0.3, 0.4) is 0 Å². The topological polar surface area (TPSA) is 60.8 Å². The Morgan fingerprint density at radius 3 is 2.20 bits per heavy atom. The van der Waals surface area contributed by atoms with Crippen LogP contribution in [0.1, 0.15) is 11.3 Å². The van der Waals surface area contributed by atoms with E-state index >= 15 is 0 Å². The van der Waals surface area contributed by atoms with E-state index in [1.165, 1.54) is 7.11 Å². The Kier molecular flexibility index (Phi) is 5.93. The zero-order chi connectivity index (χ0) is 17.1. The molecule has 1 aromatic heterocycles. The van der Waals surface area contributed by atoms with Crippen molar-refractivity contribution in [1.29, 1.82) is 0 Å². The molecule has 0 radical (unpaired) electrons. The second-order valence-corrected chi connectivity index (χ2v) is 5.37. The summed E-state index contributed by atoms with van der Waals surface area (Å²) in [6, 6.07) is 11.2. The summed E-state index contributed by atoms with van der Waals surface area (Å²) in [6.45, 7) is 0. The molecule has 0 unspecified atom stereocenters. The first-order valence-corrected chi connectivity index (χ1v) is 7.51. The second-order valence-electron chi connectivity index (χ2n) is 5.37. The molecule has 25 heavy (non-hydrogen) atoms. The molecule has 5 nitrogen and oxygen atoms in total. The van der Waals surface area contributed by atoms with E-state index in [4.69, 9.17) is 14.2 Å². The van der Waals surface area contributed by atoms with Crippen molar-refractivity contribution in [2.75, 3.05) is 21.3 Å². The molecule has 0 saturated carbocycles. The van der Waals surface area contributed by atoms with Gasteiger partial charge in [-0.3, -0.25) is 4.98 Å². The van der Waals surface area contributed by atoms with E-state index in [1.54, 1.807) is 32.5 Å². The summed E-state index contributed by atoms with van der Waals surface area (Å²) >= 11 is 0. The maximum absolute atomic E-state index is 9.95. The lowest BCUT2D eigenvalue weighted by Crippen LogP contribution is -1.96. The SMILES string of the molecule is COc1ccc(Cc2nccc3cc(OC)c(OC)cc23)cc1O.Cl. The Morgan fingerprint density at radius 1 is 0.880 bits per heavy atom. The lowest BCUT2D eigenvalue weighted by Gasteiger charge is -2.12. The van der Waals surface area contributed by atoms with Crippen molar-refractivity contribution in [1.82, 2.24) is 4.98 Å². The number of ether oxygens (including phenoxy) is 3. The number of aromatic hydroxyl groups is 1. The molecular weight excluding hydrogens is 342 g/mol. The van der Waals surface area contributed by atoms with Gasteiger partial charge in [0.25, 0.3) is 0 Å². The smallest absolute Gasteiger partial charge is 0.161 e. The third kappa shape index (κ3) is 3.72. The minimum absolute atomic E-state index is 0. The molecule has 0 aliphatic heterocycles. The molecule has 1 heterocycles. The number of hydrogen-bond acceptors (Lipinski definition) is 5. The Bertz CT molecular complexity index is 883.